The smallest absolute Gasteiger partial charge is 0.242 e. The molecule has 1 fully saturated rings. The van der Waals surface area contributed by atoms with Crippen LogP contribution in [0.1, 0.15) is 31.2 Å². The highest BCUT2D eigenvalue weighted by molar-refractivity contribution is 7.89. The number of amides is 3. The zero-order valence-corrected chi connectivity index (χ0v) is 18.4. The Morgan fingerprint density at radius 2 is 1.62 bits per heavy atom. The molecular formula is C22H24FN3O5S. The second-order valence-corrected chi connectivity index (χ2v) is 9.55. The van der Waals surface area contributed by atoms with E-state index in [-0.39, 0.29) is 55.0 Å². The van der Waals surface area contributed by atoms with Gasteiger partial charge in [0.05, 0.1) is 11.4 Å². The van der Waals surface area contributed by atoms with Gasteiger partial charge in [0.2, 0.25) is 27.7 Å². The van der Waals surface area contributed by atoms with Crippen LogP contribution in [0.2, 0.25) is 0 Å². The first-order valence-electron chi connectivity index (χ1n) is 10.1. The number of benzene rings is 2. The van der Waals surface area contributed by atoms with Crippen molar-refractivity contribution in [3.05, 3.63) is 59.9 Å². The lowest BCUT2D eigenvalue weighted by molar-refractivity contribution is -0.139. The first-order valence-corrected chi connectivity index (χ1v) is 11.5. The molecule has 0 aromatic heterocycles. The van der Waals surface area contributed by atoms with Crippen LogP contribution >= 0.6 is 0 Å². The summed E-state index contributed by atoms with van der Waals surface area (Å²) in [6, 6.07) is 11.4. The van der Waals surface area contributed by atoms with Crippen LogP contribution in [0, 0.1) is 5.82 Å². The number of hydrogen-bond acceptors (Lipinski definition) is 5. The largest absolute Gasteiger partial charge is 0.326 e. The SMILES string of the molecule is CN(CCCC(=O)Nc1ccc(CN2C(=O)CCC2=O)cc1)S(=O)(=O)c1ccc(F)cc1. The fraction of sp³-hybridized carbons (Fsp3) is 0.318. The molecule has 2 aromatic carbocycles. The quantitative estimate of drug-likeness (QED) is 0.578. The second-order valence-electron chi connectivity index (χ2n) is 7.50. The minimum atomic E-state index is -3.75. The topological polar surface area (TPSA) is 104 Å². The molecule has 0 radical (unpaired) electrons. The summed E-state index contributed by atoms with van der Waals surface area (Å²) in [7, 11) is -2.34. The summed E-state index contributed by atoms with van der Waals surface area (Å²) < 4.78 is 39.1. The van der Waals surface area contributed by atoms with Crippen molar-refractivity contribution >= 4 is 33.4 Å². The second kappa shape index (κ2) is 10.0. The maximum Gasteiger partial charge on any atom is 0.242 e. The van der Waals surface area contributed by atoms with Crippen molar-refractivity contribution in [2.24, 2.45) is 0 Å². The van der Waals surface area contributed by atoms with Gasteiger partial charge in [0.25, 0.3) is 0 Å². The van der Waals surface area contributed by atoms with E-state index in [2.05, 4.69) is 5.32 Å². The molecule has 1 aliphatic rings. The maximum absolute atomic E-state index is 13.0. The number of nitrogens with one attached hydrogen (secondary N) is 1. The highest BCUT2D eigenvalue weighted by atomic mass is 32.2. The molecule has 1 N–H and O–H groups in total. The van der Waals surface area contributed by atoms with Crippen molar-refractivity contribution in [2.75, 3.05) is 18.9 Å². The number of carbonyl (C=O) groups is 3. The molecule has 0 spiro atoms. The Balaban J connectivity index is 1.46. The predicted octanol–water partition coefficient (Wildman–Crippen LogP) is 2.51. The number of nitrogens with zero attached hydrogens (tertiary/aromatic N) is 2. The number of imide groups is 1. The zero-order chi connectivity index (χ0) is 23.3. The summed E-state index contributed by atoms with van der Waals surface area (Å²) in [5.74, 6) is -1.15. The summed E-state index contributed by atoms with van der Waals surface area (Å²) in [5, 5.41) is 2.73. The van der Waals surface area contributed by atoms with Crippen molar-refractivity contribution in [1.29, 1.82) is 0 Å². The molecule has 3 rings (SSSR count). The standard InChI is InChI=1S/C22H24FN3O5S/c1-25(32(30,31)19-10-6-17(23)7-11-19)14-2-3-20(27)24-18-8-4-16(5-9-18)15-26-21(28)12-13-22(26)29/h4-11H,2-3,12-15H2,1H3,(H,24,27). The van der Waals surface area contributed by atoms with Crippen molar-refractivity contribution < 1.29 is 27.2 Å². The van der Waals surface area contributed by atoms with Crippen LogP contribution in [0.15, 0.2) is 53.4 Å². The number of hydrogen-bond donors (Lipinski definition) is 1. The highest BCUT2D eigenvalue weighted by Crippen LogP contribution is 2.18. The number of rotatable bonds is 9. The fourth-order valence-corrected chi connectivity index (χ4v) is 4.48. The number of carbonyl (C=O) groups excluding carboxylic acids is 3. The minimum absolute atomic E-state index is 0.0109. The Bertz CT molecular complexity index is 1090. The maximum atomic E-state index is 13.0. The van der Waals surface area contributed by atoms with Crippen LogP contribution in [-0.4, -0.2) is 48.9 Å². The average molecular weight is 462 g/mol. The van der Waals surface area contributed by atoms with E-state index in [9.17, 15) is 27.2 Å². The molecule has 10 heteroatoms. The van der Waals surface area contributed by atoms with Gasteiger partial charge in [-0.1, -0.05) is 12.1 Å². The Labute approximate surface area is 186 Å². The van der Waals surface area contributed by atoms with Crippen molar-refractivity contribution in [1.82, 2.24) is 9.21 Å². The molecule has 0 saturated carbocycles. The lowest BCUT2D eigenvalue weighted by Gasteiger charge is -2.17. The summed E-state index contributed by atoms with van der Waals surface area (Å²) >= 11 is 0. The van der Waals surface area contributed by atoms with Gasteiger partial charge in [-0.3, -0.25) is 19.3 Å². The lowest BCUT2D eigenvalue weighted by atomic mass is 10.2. The van der Waals surface area contributed by atoms with Gasteiger partial charge in [-0.2, -0.15) is 0 Å². The van der Waals surface area contributed by atoms with Crippen LogP contribution in [0.3, 0.4) is 0 Å². The van der Waals surface area contributed by atoms with Gasteiger partial charge in [0, 0.05) is 38.5 Å². The van der Waals surface area contributed by atoms with E-state index in [0.29, 0.717) is 12.1 Å². The van der Waals surface area contributed by atoms with E-state index in [0.717, 1.165) is 22.0 Å². The first kappa shape index (κ1) is 23.6. The van der Waals surface area contributed by atoms with Gasteiger partial charge in [-0.25, -0.2) is 17.1 Å². The number of halogens is 1. The highest BCUT2D eigenvalue weighted by Gasteiger charge is 2.28. The van der Waals surface area contributed by atoms with Crippen LogP contribution in [0.5, 0.6) is 0 Å². The molecule has 0 atom stereocenters. The van der Waals surface area contributed by atoms with E-state index in [1.165, 1.54) is 24.1 Å². The third kappa shape index (κ3) is 5.77. The van der Waals surface area contributed by atoms with Crippen molar-refractivity contribution in [3.8, 4) is 0 Å². The Kier molecular flexibility index (Phi) is 7.37. The lowest BCUT2D eigenvalue weighted by Crippen LogP contribution is -2.28. The van der Waals surface area contributed by atoms with Gasteiger partial charge in [-0.15, -0.1) is 0 Å². The Morgan fingerprint density at radius 1 is 1.03 bits per heavy atom. The average Bonchev–Trinajstić information content (AvgIpc) is 3.07. The van der Waals surface area contributed by atoms with Crippen molar-refractivity contribution in [2.45, 2.75) is 37.1 Å². The molecule has 32 heavy (non-hydrogen) atoms. The van der Waals surface area contributed by atoms with Crippen LogP contribution in [0.25, 0.3) is 0 Å². The Morgan fingerprint density at radius 3 is 2.22 bits per heavy atom. The van der Waals surface area contributed by atoms with Gasteiger partial charge in [-0.05, 0) is 48.4 Å². The van der Waals surface area contributed by atoms with Gasteiger partial charge in [0.15, 0.2) is 0 Å². The van der Waals surface area contributed by atoms with Gasteiger partial charge in [0.1, 0.15) is 5.82 Å². The molecule has 0 aliphatic carbocycles. The Hall–Kier alpha value is -3.11. The molecule has 3 amide bonds. The van der Waals surface area contributed by atoms with E-state index >= 15 is 0 Å². The third-order valence-corrected chi connectivity index (χ3v) is 7.00. The first-order chi connectivity index (χ1) is 15.2. The van der Waals surface area contributed by atoms with Gasteiger partial charge < -0.3 is 5.32 Å². The summed E-state index contributed by atoms with van der Waals surface area (Å²) in [6.45, 7) is 0.338. The van der Waals surface area contributed by atoms with E-state index in [1.54, 1.807) is 24.3 Å². The molecule has 0 unspecified atom stereocenters. The van der Waals surface area contributed by atoms with Crippen LogP contribution < -0.4 is 5.32 Å². The molecule has 170 valence electrons. The van der Waals surface area contributed by atoms with Crippen LogP contribution in [0.4, 0.5) is 10.1 Å². The molecule has 8 nitrogen and oxygen atoms in total. The fourth-order valence-electron chi connectivity index (χ4n) is 3.27. The summed E-state index contributed by atoms with van der Waals surface area (Å²) in [4.78, 5) is 36.8. The van der Waals surface area contributed by atoms with E-state index in [4.69, 9.17) is 0 Å². The normalized spacial score (nSPS) is 14.3. The summed E-state index contributed by atoms with van der Waals surface area (Å²) in [5.41, 5.74) is 1.34. The van der Waals surface area contributed by atoms with E-state index in [1.807, 2.05) is 0 Å². The van der Waals surface area contributed by atoms with Gasteiger partial charge >= 0.3 is 0 Å². The third-order valence-electron chi connectivity index (χ3n) is 5.13. The number of sulfonamides is 1. The predicted molar refractivity (Wildman–Crippen MR) is 115 cm³/mol. The molecule has 1 heterocycles. The van der Waals surface area contributed by atoms with Crippen LogP contribution in [-0.2, 0) is 31.0 Å². The number of anilines is 1. The monoisotopic (exact) mass is 461 g/mol. The van der Waals surface area contributed by atoms with Crippen molar-refractivity contribution in [3.63, 3.8) is 0 Å². The zero-order valence-electron chi connectivity index (χ0n) is 17.6. The molecule has 0 bridgehead atoms. The molecule has 2 aromatic rings. The molecular weight excluding hydrogens is 437 g/mol. The molecule has 1 saturated heterocycles. The van der Waals surface area contributed by atoms with E-state index < -0.39 is 15.8 Å². The number of likely N-dealkylation sites (tertiary alicyclic amines) is 1. The summed E-state index contributed by atoms with van der Waals surface area (Å²) in [6.07, 6.45) is 0.905. The minimum Gasteiger partial charge on any atom is -0.326 e. The molecule has 1 aliphatic heterocycles.